The van der Waals surface area contributed by atoms with Crippen molar-refractivity contribution in [1.29, 1.82) is 0 Å². The molecule has 0 heterocycles. The molecule has 100 valence electrons. The van der Waals surface area contributed by atoms with Crippen molar-refractivity contribution in [2.75, 3.05) is 6.61 Å². The first kappa shape index (κ1) is 14.1. The average Bonchev–Trinajstić information content (AvgIpc) is 2.43. The average molecular weight is 322 g/mol. The highest BCUT2D eigenvalue weighted by Crippen LogP contribution is 2.30. The van der Waals surface area contributed by atoms with Crippen LogP contribution in [0.3, 0.4) is 0 Å². The fourth-order valence-electron chi connectivity index (χ4n) is 1.73. The molecule has 0 saturated carbocycles. The van der Waals surface area contributed by atoms with Crippen LogP contribution in [-0.2, 0) is 13.0 Å². The standard InChI is InChI=1S/C15H16BrNO2/c16-14-9-12(10-17)3-6-15(14)19-13-4-1-11(2-5-13)7-8-18/h1-6,9,18H,7-8,10,17H2. The van der Waals surface area contributed by atoms with Gasteiger partial charge in [-0.3, -0.25) is 0 Å². The van der Waals surface area contributed by atoms with Crippen molar-refractivity contribution in [3.8, 4) is 11.5 Å². The molecule has 2 rings (SSSR count). The zero-order valence-electron chi connectivity index (χ0n) is 10.5. The maximum atomic E-state index is 8.86. The van der Waals surface area contributed by atoms with Crippen molar-refractivity contribution in [2.45, 2.75) is 13.0 Å². The molecule has 19 heavy (non-hydrogen) atoms. The zero-order chi connectivity index (χ0) is 13.7. The number of ether oxygens (including phenoxy) is 1. The Morgan fingerprint density at radius 3 is 2.32 bits per heavy atom. The van der Waals surface area contributed by atoms with Crippen molar-refractivity contribution >= 4 is 15.9 Å². The van der Waals surface area contributed by atoms with Gasteiger partial charge in [-0.05, 0) is 57.7 Å². The molecule has 0 aliphatic carbocycles. The molecule has 0 fully saturated rings. The van der Waals surface area contributed by atoms with Crippen molar-refractivity contribution in [2.24, 2.45) is 5.73 Å². The summed E-state index contributed by atoms with van der Waals surface area (Å²) in [6, 6.07) is 13.5. The molecular weight excluding hydrogens is 306 g/mol. The van der Waals surface area contributed by atoms with Gasteiger partial charge >= 0.3 is 0 Å². The van der Waals surface area contributed by atoms with Crippen LogP contribution in [0.5, 0.6) is 11.5 Å². The second kappa shape index (κ2) is 6.70. The van der Waals surface area contributed by atoms with Crippen molar-refractivity contribution in [3.05, 3.63) is 58.1 Å². The molecule has 0 amide bonds. The third kappa shape index (κ3) is 3.80. The van der Waals surface area contributed by atoms with Gasteiger partial charge in [0.15, 0.2) is 0 Å². The topological polar surface area (TPSA) is 55.5 Å². The maximum Gasteiger partial charge on any atom is 0.141 e. The number of nitrogens with two attached hydrogens (primary N) is 1. The number of hydrogen-bond donors (Lipinski definition) is 2. The van der Waals surface area contributed by atoms with Gasteiger partial charge in [0.25, 0.3) is 0 Å². The molecule has 2 aromatic rings. The van der Waals surface area contributed by atoms with Crippen molar-refractivity contribution in [3.63, 3.8) is 0 Å². The number of hydrogen-bond acceptors (Lipinski definition) is 3. The van der Waals surface area contributed by atoms with Gasteiger partial charge in [0.05, 0.1) is 4.47 Å². The molecule has 2 aromatic carbocycles. The Hall–Kier alpha value is -1.36. The van der Waals surface area contributed by atoms with Crippen LogP contribution in [0, 0.1) is 0 Å². The van der Waals surface area contributed by atoms with E-state index in [1.807, 2.05) is 42.5 Å². The predicted molar refractivity (Wildman–Crippen MR) is 79.3 cm³/mol. The van der Waals surface area contributed by atoms with Crippen LogP contribution in [-0.4, -0.2) is 11.7 Å². The number of aliphatic hydroxyl groups is 1. The third-order valence-corrected chi connectivity index (χ3v) is 3.40. The Balaban J connectivity index is 2.12. The molecule has 0 unspecified atom stereocenters. The van der Waals surface area contributed by atoms with E-state index in [-0.39, 0.29) is 6.61 Å². The summed E-state index contributed by atoms with van der Waals surface area (Å²) in [7, 11) is 0. The van der Waals surface area contributed by atoms with Crippen molar-refractivity contribution < 1.29 is 9.84 Å². The van der Waals surface area contributed by atoms with Gasteiger partial charge in [0.1, 0.15) is 11.5 Å². The molecule has 3 nitrogen and oxygen atoms in total. The Labute approximate surface area is 121 Å². The highest BCUT2D eigenvalue weighted by atomic mass is 79.9. The van der Waals surface area contributed by atoms with E-state index in [2.05, 4.69) is 15.9 Å². The highest BCUT2D eigenvalue weighted by molar-refractivity contribution is 9.10. The third-order valence-electron chi connectivity index (χ3n) is 2.78. The summed E-state index contributed by atoms with van der Waals surface area (Å²) in [6.45, 7) is 0.668. The fraction of sp³-hybridized carbons (Fsp3) is 0.200. The summed E-state index contributed by atoms with van der Waals surface area (Å²) in [6.07, 6.45) is 0.662. The summed E-state index contributed by atoms with van der Waals surface area (Å²) < 4.78 is 6.68. The van der Waals surface area contributed by atoms with E-state index in [1.54, 1.807) is 0 Å². The minimum atomic E-state index is 0.159. The minimum Gasteiger partial charge on any atom is -0.456 e. The monoisotopic (exact) mass is 321 g/mol. The molecule has 3 N–H and O–H groups in total. The lowest BCUT2D eigenvalue weighted by atomic mass is 10.1. The summed E-state index contributed by atoms with van der Waals surface area (Å²) in [5, 5.41) is 8.86. The van der Waals surface area contributed by atoms with Gasteiger partial charge in [-0.2, -0.15) is 0 Å². The Bertz CT molecular complexity index is 540. The first-order valence-electron chi connectivity index (χ1n) is 6.09. The Kier molecular flexibility index (Phi) is 4.96. The second-order valence-corrected chi connectivity index (χ2v) is 5.04. The van der Waals surface area contributed by atoms with Gasteiger partial charge in [-0.1, -0.05) is 18.2 Å². The number of benzene rings is 2. The van der Waals surface area contributed by atoms with E-state index in [1.165, 1.54) is 0 Å². The number of aliphatic hydroxyl groups excluding tert-OH is 1. The Morgan fingerprint density at radius 2 is 1.74 bits per heavy atom. The van der Waals surface area contributed by atoms with E-state index in [0.717, 1.165) is 27.1 Å². The lowest BCUT2D eigenvalue weighted by Crippen LogP contribution is -1.96. The number of halogens is 1. The van der Waals surface area contributed by atoms with E-state index in [4.69, 9.17) is 15.6 Å². The van der Waals surface area contributed by atoms with Gasteiger partial charge in [-0.15, -0.1) is 0 Å². The summed E-state index contributed by atoms with van der Waals surface area (Å²) in [5.74, 6) is 1.52. The molecule has 0 atom stereocenters. The lowest BCUT2D eigenvalue weighted by molar-refractivity contribution is 0.299. The van der Waals surface area contributed by atoms with Gasteiger partial charge in [0.2, 0.25) is 0 Å². The van der Waals surface area contributed by atoms with Crippen LogP contribution in [0.15, 0.2) is 46.9 Å². The summed E-state index contributed by atoms with van der Waals surface area (Å²) >= 11 is 3.47. The molecule has 0 radical (unpaired) electrons. The predicted octanol–water partition coefficient (Wildman–Crippen LogP) is 3.23. The van der Waals surface area contributed by atoms with Gasteiger partial charge in [0, 0.05) is 13.2 Å². The molecule has 4 heteroatoms. The molecule has 0 aliphatic rings. The van der Waals surface area contributed by atoms with Crippen LogP contribution in [0.25, 0.3) is 0 Å². The first-order chi connectivity index (χ1) is 9.22. The molecule has 0 spiro atoms. The molecule has 0 aliphatic heterocycles. The van der Waals surface area contributed by atoms with Crippen LogP contribution in [0.1, 0.15) is 11.1 Å². The van der Waals surface area contributed by atoms with Crippen LogP contribution < -0.4 is 10.5 Å². The normalized spacial score (nSPS) is 10.5. The van der Waals surface area contributed by atoms with Gasteiger partial charge in [-0.25, -0.2) is 0 Å². The van der Waals surface area contributed by atoms with E-state index < -0.39 is 0 Å². The highest BCUT2D eigenvalue weighted by Gasteiger charge is 2.04. The largest absolute Gasteiger partial charge is 0.456 e. The summed E-state index contributed by atoms with van der Waals surface area (Å²) in [4.78, 5) is 0. The lowest BCUT2D eigenvalue weighted by Gasteiger charge is -2.09. The quantitative estimate of drug-likeness (QED) is 0.888. The van der Waals surface area contributed by atoms with E-state index in [9.17, 15) is 0 Å². The van der Waals surface area contributed by atoms with E-state index in [0.29, 0.717) is 13.0 Å². The Morgan fingerprint density at radius 1 is 1.05 bits per heavy atom. The number of rotatable bonds is 5. The second-order valence-electron chi connectivity index (χ2n) is 4.19. The molecule has 0 saturated heterocycles. The van der Waals surface area contributed by atoms with Crippen LogP contribution >= 0.6 is 15.9 Å². The molecule has 0 bridgehead atoms. The smallest absolute Gasteiger partial charge is 0.141 e. The molecule has 0 aromatic heterocycles. The van der Waals surface area contributed by atoms with Gasteiger partial charge < -0.3 is 15.6 Å². The zero-order valence-corrected chi connectivity index (χ0v) is 12.1. The summed E-state index contributed by atoms with van der Waals surface area (Å²) in [5.41, 5.74) is 7.73. The fourth-order valence-corrected chi connectivity index (χ4v) is 2.24. The van der Waals surface area contributed by atoms with Crippen LogP contribution in [0.2, 0.25) is 0 Å². The maximum absolute atomic E-state index is 8.86. The first-order valence-corrected chi connectivity index (χ1v) is 6.88. The molecular formula is C15H16BrNO2. The van der Waals surface area contributed by atoms with E-state index >= 15 is 0 Å². The van der Waals surface area contributed by atoms with Crippen LogP contribution in [0.4, 0.5) is 0 Å². The van der Waals surface area contributed by atoms with Crippen molar-refractivity contribution in [1.82, 2.24) is 0 Å². The SMILES string of the molecule is NCc1ccc(Oc2ccc(CCO)cc2)c(Br)c1. The minimum absolute atomic E-state index is 0.159.